The first-order valence-electron chi connectivity index (χ1n) is 6.21. The highest BCUT2D eigenvalue weighted by Gasteiger charge is 2.13. The molecule has 0 saturated heterocycles. The third-order valence-corrected chi connectivity index (χ3v) is 2.69. The van der Waals surface area contributed by atoms with Gasteiger partial charge in [0.15, 0.2) is 0 Å². The number of hydrogen-bond donors (Lipinski definition) is 1. The van der Waals surface area contributed by atoms with E-state index in [9.17, 15) is 4.39 Å². The number of halogens is 1. The van der Waals surface area contributed by atoms with Gasteiger partial charge in [-0.1, -0.05) is 19.9 Å². The van der Waals surface area contributed by atoms with Crippen LogP contribution in [0.1, 0.15) is 19.4 Å². The summed E-state index contributed by atoms with van der Waals surface area (Å²) < 4.78 is 19.0. The highest BCUT2D eigenvalue weighted by atomic mass is 19.1. The largest absolute Gasteiger partial charge is 0.392 e. The van der Waals surface area contributed by atoms with Gasteiger partial charge in [0, 0.05) is 20.2 Å². The Morgan fingerprint density at radius 1 is 1.39 bits per heavy atom. The molecule has 1 N–H and O–H groups in total. The van der Waals surface area contributed by atoms with Crippen LogP contribution in [0.4, 0.5) is 10.1 Å². The average molecular weight is 255 g/mol. The van der Waals surface area contributed by atoms with Crippen molar-refractivity contribution in [3.8, 4) is 0 Å². The summed E-state index contributed by atoms with van der Waals surface area (Å²) in [6.07, 6.45) is 0. The second kappa shape index (κ2) is 7.34. The van der Waals surface area contributed by atoms with Gasteiger partial charge in [0.25, 0.3) is 0 Å². The fraction of sp³-hybridized carbons (Fsp3) is 0.571. The van der Waals surface area contributed by atoms with Crippen LogP contribution in [0.25, 0.3) is 0 Å². The zero-order valence-electron chi connectivity index (χ0n) is 11.3. The second-order valence-corrected chi connectivity index (χ2v) is 4.78. The molecule has 0 aliphatic carbocycles. The van der Waals surface area contributed by atoms with Gasteiger partial charge in [-0.3, -0.25) is 0 Å². The van der Waals surface area contributed by atoms with Gasteiger partial charge in [0.2, 0.25) is 0 Å². The van der Waals surface area contributed by atoms with Crippen molar-refractivity contribution < 1.29 is 14.2 Å². The van der Waals surface area contributed by atoms with E-state index in [1.165, 1.54) is 6.07 Å². The Morgan fingerprint density at radius 3 is 2.61 bits per heavy atom. The molecule has 3 nitrogen and oxygen atoms in total. The Balaban J connectivity index is 2.89. The van der Waals surface area contributed by atoms with Crippen molar-refractivity contribution >= 4 is 5.69 Å². The number of benzene rings is 1. The number of aliphatic hydroxyl groups is 1. The number of anilines is 1. The molecule has 0 atom stereocenters. The smallest absolute Gasteiger partial charge is 0.146 e. The number of rotatable bonds is 7. The Morgan fingerprint density at radius 2 is 2.11 bits per heavy atom. The SMILES string of the molecule is COCCN(CC(C)C)c1ccc(CO)cc1F. The van der Waals surface area contributed by atoms with E-state index in [1.54, 1.807) is 19.2 Å². The molecular formula is C14H22FNO2. The summed E-state index contributed by atoms with van der Waals surface area (Å²) in [5.41, 5.74) is 1.16. The Kier molecular flexibility index (Phi) is 6.09. The molecule has 0 aliphatic rings. The number of ether oxygens (including phenoxy) is 1. The molecule has 0 aliphatic heterocycles. The van der Waals surface area contributed by atoms with Crippen LogP contribution in [-0.2, 0) is 11.3 Å². The minimum absolute atomic E-state index is 0.139. The lowest BCUT2D eigenvalue weighted by atomic mass is 10.1. The third-order valence-electron chi connectivity index (χ3n) is 2.69. The van der Waals surface area contributed by atoms with Crippen molar-refractivity contribution in [3.63, 3.8) is 0 Å². The standard InChI is InChI=1S/C14H22FNO2/c1-11(2)9-16(6-7-18-3)14-5-4-12(10-17)8-13(14)15/h4-5,8,11,17H,6-7,9-10H2,1-3H3. The van der Waals surface area contributed by atoms with E-state index in [0.717, 1.165) is 6.54 Å². The van der Waals surface area contributed by atoms with Gasteiger partial charge in [-0.25, -0.2) is 4.39 Å². The Bertz CT molecular complexity index is 369. The summed E-state index contributed by atoms with van der Waals surface area (Å²) in [5.74, 6) is 0.150. The summed E-state index contributed by atoms with van der Waals surface area (Å²) in [7, 11) is 1.64. The van der Waals surface area contributed by atoms with Crippen LogP contribution in [0.15, 0.2) is 18.2 Å². The predicted octanol–water partition coefficient (Wildman–Crippen LogP) is 2.43. The van der Waals surface area contributed by atoms with Gasteiger partial charge >= 0.3 is 0 Å². The van der Waals surface area contributed by atoms with E-state index in [4.69, 9.17) is 9.84 Å². The molecule has 0 saturated carbocycles. The van der Waals surface area contributed by atoms with Gasteiger partial charge in [-0.15, -0.1) is 0 Å². The zero-order chi connectivity index (χ0) is 13.5. The van der Waals surface area contributed by atoms with E-state index >= 15 is 0 Å². The normalized spacial score (nSPS) is 11.0. The van der Waals surface area contributed by atoms with Gasteiger partial charge < -0.3 is 14.7 Å². The van der Waals surface area contributed by atoms with Crippen LogP contribution in [0.3, 0.4) is 0 Å². The molecule has 4 heteroatoms. The number of methoxy groups -OCH3 is 1. The molecule has 18 heavy (non-hydrogen) atoms. The monoisotopic (exact) mass is 255 g/mol. The first kappa shape index (κ1) is 14.9. The fourth-order valence-corrected chi connectivity index (χ4v) is 1.86. The third kappa shape index (κ3) is 4.27. The van der Waals surface area contributed by atoms with Crippen molar-refractivity contribution in [2.75, 3.05) is 31.7 Å². The maximum atomic E-state index is 14.0. The van der Waals surface area contributed by atoms with Gasteiger partial charge in [0.1, 0.15) is 5.82 Å². The van der Waals surface area contributed by atoms with Crippen LogP contribution < -0.4 is 4.90 Å². The maximum absolute atomic E-state index is 14.0. The van der Waals surface area contributed by atoms with Crippen LogP contribution in [0.2, 0.25) is 0 Å². The lowest BCUT2D eigenvalue weighted by molar-refractivity contribution is 0.204. The first-order chi connectivity index (χ1) is 8.58. The summed E-state index contributed by atoms with van der Waals surface area (Å²) in [4.78, 5) is 1.98. The maximum Gasteiger partial charge on any atom is 0.146 e. The molecule has 0 bridgehead atoms. The highest BCUT2D eigenvalue weighted by molar-refractivity contribution is 5.49. The number of hydrogen-bond acceptors (Lipinski definition) is 3. The van der Waals surface area contributed by atoms with Crippen molar-refractivity contribution in [1.29, 1.82) is 0 Å². The molecular weight excluding hydrogens is 233 g/mol. The van der Waals surface area contributed by atoms with E-state index < -0.39 is 0 Å². The lowest BCUT2D eigenvalue weighted by Crippen LogP contribution is -2.31. The molecule has 0 aromatic heterocycles. The molecule has 1 aromatic carbocycles. The van der Waals surface area contributed by atoms with Crippen molar-refractivity contribution in [2.45, 2.75) is 20.5 Å². The average Bonchev–Trinajstić information content (AvgIpc) is 2.34. The lowest BCUT2D eigenvalue weighted by Gasteiger charge is -2.27. The molecule has 0 fully saturated rings. The van der Waals surface area contributed by atoms with Crippen molar-refractivity contribution in [1.82, 2.24) is 0 Å². The topological polar surface area (TPSA) is 32.7 Å². The minimum Gasteiger partial charge on any atom is -0.392 e. The summed E-state index contributed by atoms with van der Waals surface area (Å²) in [6, 6.07) is 4.85. The molecule has 0 unspecified atom stereocenters. The van der Waals surface area contributed by atoms with Gasteiger partial charge in [-0.2, -0.15) is 0 Å². The molecule has 102 valence electrons. The van der Waals surface area contributed by atoms with Crippen LogP contribution >= 0.6 is 0 Å². The van der Waals surface area contributed by atoms with Crippen molar-refractivity contribution in [2.24, 2.45) is 5.92 Å². The summed E-state index contributed by atoms with van der Waals surface area (Å²) in [5, 5.41) is 8.98. The molecule has 1 aromatic rings. The quantitative estimate of drug-likeness (QED) is 0.812. The Hall–Kier alpha value is -1.13. The Labute approximate surface area is 108 Å². The first-order valence-corrected chi connectivity index (χ1v) is 6.21. The zero-order valence-corrected chi connectivity index (χ0v) is 11.3. The summed E-state index contributed by atoms with van der Waals surface area (Å²) >= 11 is 0. The van der Waals surface area contributed by atoms with E-state index in [0.29, 0.717) is 30.3 Å². The fourth-order valence-electron chi connectivity index (χ4n) is 1.86. The van der Waals surface area contributed by atoms with Crippen LogP contribution in [0.5, 0.6) is 0 Å². The number of nitrogens with zero attached hydrogens (tertiary/aromatic N) is 1. The van der Waals surface area contributed by atoms with E-state index in [2.05, 4.69) is 13.8 Å². The van der Waals surface area contributed by atoms with E-state index in [1.807, 2.05) is 4.90 Å². The second-order valence-electron chi connectivity index (χ2n) is 4.78. The van der Waals surface area contributed by atoms with Crippen LogP contribution in [0, 0.1) is 11.7 Å². The molecule has 0 radical (unpaired) electrons. The van der Waals surface area contributed by atoms with Gasteiger partial charge in [0.05, 0.1) is 18.9 Å². The number of aliphatic hydroxyl groups excluding tert-OH is 1. The molecule has 0 heterocycles. The molecule has 0 amide bonds. The predicted molar refractivity (Wildman–Crippen MR) is 71.2 cm³/mol. The molecule has 1 rings (SSSR count). The van der Waals surface area contributed by atoms with E-state index in [-0.39, 0.29) is 12.4 Å². The molecule has 0 spiro atoms. The summed E-state index contributed by atoms with van der Waals surface area (Å²) in [6.45, 7) is 6.05. The minimum atomic E-state index is -0.293. The van der Waals surface area contributed by atoms with Crippen LogP contribution in [-0.4, -0.2) is 31.9 Å². The van der Waals surface area contributed by atoms with Crippen molar-refractivity contribution in [3.05, 3.63) is 29.6 Å². The van der Waals surface area contributed by atoms with Gasteiger partial charge in [-0.05, 0) is 23.6 Å². The highest BCUT2D eigenvalue weighted by Crippen LogP contribution is 2.21.